The van der Waals surface area contributed by atoms with Crippen molar-refractivity contribution >= 4 is 33.3 Å². The van der Waals surface area contributed by atoms with Gasteiger partial charge in [-0.3, -0.25) is 9.80 Å². The van der Waals surface area contributed by atoms with Crippen LogP contribution in [0.15, 0.2) is 0 Å². The van der Waals surface area contributed by atoms with Crippen LogP contribution in [0.3, 0.4) is 0 Å². The smallest absolute Gasteiger partial charge is 0.192 e. The summed E-state index contributed by atoms with van der Waals surface area (Å²) < 4.78 is 34.8. The minimum Gasteiger partial charge on any atom is -0.416 e. The first-order valence-corrected chi connectivity index (χ1v) is 43.7. The third-order valence-corrected chi connectivity index (χ3v) is 36.7. The maximum atomic E-state index is 7.60. The van der Waals surface area contributed by atoms with Gasteiger partial charge in [0.15, 0.2) is 33.3 Å². The molecule has 0 spiro atoms. The molecule has 0 radical (unpaired) electrons. The van der Waals surface area contributed by atoms with Crippen LogP contribution in [0.4, 0.5) is 0 Å². The summed E-state index contributed by atoms with van der Waals surface area (Å²) in [4.78, 5) is 20.7. The van der Waals surface area contributed by atoms with Crippen LogP contribution in [0.25, 0.3) is 0 Å². The molecule has 0 unspecified atom stereocenters. The van der Waals surface area contributed by atoms with Gasteiger partial charge < -0.3 is 51.8 Å². The Labute approximate surface area is 499 Å². The average Bonchev–Trinajstić information content (AvgIpc) is 3.29. The number of hydrogen-bond acceptors (Lipinski definition) is 13. The first-order valence-electron chi connectivity index (χ1n) is 32.0. The average molecular weight is 1190 g/mol. The van der Waals surface area contributed by atoms with E-state index in [1.54, 1.807) is 0 Å². The van der Waals surface area contributed by atoms with E-state index in [0.29, 0.717) is 0 Å². The molecule has 0 fully saturated rings. The lowest BCUT2D eigenvalue weighted by Gasteiger charge is -2.38. The van der Waals surface area contributed by atoms with Crippen molar-refractivity contribution in [3.63, 3.8) is 0 Å². The molecule has 0 atom stereocenters. The van der Waals surface area contributed by atoms with Gasteiger partial charge in [-0.05, 0) is 153 Å². The fourth-order valence-corrected chi connectivity index (χ4v) is 12.9. The predicted octanol–water partition coefficient (Wildman–Crippen LogP) is 12.4. The van der Waals surface area contributed by atoms with Gasteiger partial charge in [0.25, 0.3) is 0 Å². The number of rotatable bonds is 46. The molecule has 13 nitrogen and oxygen atoms in total. The summed E-state index contributed by atoms with van der Waals surface area (Å²) in [6.45, 7) is 79.2. The molecule has 476 valence electrons. The molecule has 0 heterocycles. The van der Waals surface area contributed by atoms with Gasteiger partial charge in [0.05, 0.1) is 12.2 Å². The van der Waals surface area contributed by atoms with Gasteiger partial charge in [0, 0.05) is 131 Å². The van der Waals surface area contributed by atoms with Crippen molar-refractivity contribution in [3.05, 3.63) is 0 Å². The Morgan fingerprint density at radius 3 is 0.620 bits per heavy atom. The zero-order valence-corrected chi connectivity index (χ0v) is 62.6. The maximum absolute atomic E-state index is 7.60. The second kappa shape index (κ2) is 37.8. The molecular formula is C62H142N8O5Si4. The molecule has 0 aromatic heterocycles. The van der Waals surface area contributed by atoms with E-state index in [1.165, 1.54) is 25.7 Å². The topological polar surface area (TPSA) is 72.1 Å². The Balaban J connectivity index is 7.02. The van der Waals surface area contributed by atoms with Crippen LogP contribution >= 0.6 is 0 Å². The van der Waals surface area contributed by atoms with Gasteiger partial charge in [-0.15, -0.1) is 0 Å². The van der Waals surface area contributed by atoms with Crippen molar-refractivity contribution < 1.29 is 22.4 Å². The quantitative estimate of drug-likeness (QED) is 0.0544. The minimum absolute atomic E-state index is 0.0183. The summed E-state index contributed by atoms with van der Waals surface area (Å²) >= 11 is 0. The van der Waals surface area contributed by atoms with Gasteiger partial charge in [-0.25, -0.2) is 0 Å². The summed E-state index contributed by atoms with van der Waals surface area (Å²) in [6, 6.07) is 0. The van der Waals surface area contributed by atoms with Gasteiger partial charge in [-0.2, -0.15) is 0 Å². The van der Waals surface area contributed by atoms with Crippen molar-refractivity contribution in [2.24, 2.45) is 0 Å². The van der Waals surface area contributed by atoms with Crippen molar-refractivity contribution in [1.82, 2.24) is 39.2 Å². The Hall–Kier alpha value is 0.348. The van der Waals surface area contributed by atoms with Gasteiger partial charge >= 0.3 is 0 Å². The molecule has 0 rings (SSSR count). The van der Waals surface area contributed by atoms with Crippen LogP contribution in [-0.2, 0) is 22.4 Å². The zero-order valence-electron chi connectivity index (χ0n) is 58.6. The van der Waals surface area contributed by atoms with Crippen LogP contribution in [0.5, 0.6) is 0 Å². The molecular weight excluding hydrogens is 1050 g/mol. The molecule has 0 aliphatic carbocycles. The minimum atomic E-state index is -1.88. The predicted molar refractivity (Wildman–Crippen MR) is 358 cm³/mol. The summed E-state index contributed by atoms with van der Waals surface area (Å²) in [5, 5.41) is 0.716. The van der Waals surface area contributed by atoms with Gasteiger partial charge in [-0.1, -0.05) is 111 Å². The van der Waals surface area contributed by atoms with E-state index in [0.717, 1.165) is 157 Å². The summed E-state index contributed by atoms with van der Waals surface area (Å²) in [5.74, 6) is 0. The summed E-state index contributed by atoms with van der Waals surface area (Å²) in [6.07, 6.45) is 4.84. The lowest BCUT2D eigenvalue weighted by atomic mass is 10.2. The lowest BCUT2D eigenvalue weighted by Crippen LogP contribution is -2.50. The summed E-state index contributed by atoms with van der Waals surface area (Å²) in [5.41, 5.74) is 0. The number of nitrogens with zero attached hydrogens (tertiary/aromatic N) is 8. The molecule has 0 aromatic rings. The molecule has 0 amide bonds. The number of ether oxygens (including phenoxy) is 1. The van der Waals surface area contributed by atoms with Crippen LogP contribution < -0.4 is 0 Å². The first-order chi connectivity index (χ1) is 36.2. The second-order valence-corrected chi connectivity index (χ2v) is 49.5. The highest BCUT2D eigenvalue weighted by molar-refractivity contribution is 6.75. The molecule has 0 aliphatic rings. The van der Waals surface area contributed by atoms with Crippen LogP contribution in [-0.4, -0.2) is 270 Å². The van der Waals surface area contributed by atoms with Crippen molar-refractivity contribution in [1.29, 1.82) is 0 Å². The van der Waals surface area contributed by atoms with Crippen LogP contribution in [0.2, 0.25) is 72.5 Å². The van der Waals surface area contributed by atoms with Crippen LogP contribution in [0.1, 0.15) is 136 Å². The van der Waals surface area contributed by atoms with Crippen LogP contribution in [0, 0.1) is 0 Å². The molecule has 0 bridgehead atoms. The normalized spacial score (nSPS) is 14.4. The number of hydrogen-bond donors (Lipinski definition) is 0. The number of likely N-dealkylation sites (N-methyl/N-ethyl adjacent to an activating group) is 4. The molecule has 0 saturated heterocycles. The Morgan fingerprint density at radius 1 is 0.278 bits per heavy atom. The Bertz CT molecular complexity index is 1360. The van der Waals surface area contributed by atoms with Gasteiger partial charge in [0.1, 0.15) is 0 Å². The third-order valence-electron chi connectivity index (χ3n) is 18.5. The second-order valence-electron chi connectivity index (χ2n) is 30.2. The molecule has 17 heteroatoms. The molecule has 0 aromatic carbocycles. The monoisotopic (exact) mass is 1190 g/mol. The maximum Gasteiger partial charge on any atom is 0.192 e. The van der Waals surface area contributed by atoms with E-state index in [4.69, 9.17) is 22.4 Å². The first kappa shape index (κ1) is 79.3. The lowest BCUT2D eigenvalue weighted by molar-refractivity contribution is -0.0602. The highest BCUT2D eigenvalue weighted by Crippen LogP contribution is 2.39. The SMILES string of the molecule is CCCN(CCC)CCN(C)CC(CN(C)CCN(CCC)CCC)OC(CN(C)CCN(CCO[Si](C)(C)C(C)(C)C)CCO[Si](C)(C)C(C)(C)C)CN(C)CCN(CCO[Si](C)(C)C(C)(C)C)CCO[Si](C)(C)C(C)(C)C. The molecule has 0 aliphatic heterocycles. The summed E-state index contributed by atoms with van der Waals surface area (Å²) in [7, 11) is 1.75. The van der Waals surface area contributed by atoms with E-state index in [1.807, 2.05) is 0 Å². The largest absolute Gasteiger partial charge is 0.416 e. The van der Waals surface area contributed by atoms with E-state index in [2.05, 4.69) is 231 Å². The molecule has 0 N–H and O–H groups in total. The molecule has 0 saturated carbocycles. The standard InChI is InChI=1S/C62H142N8O5Si4/c1-29-33-67(34-30-2)41-37-63(17)53-57(54-64(18)38-42-68(35-31-3)36-32-4)75-58(55-65(19)39-43-69(45-49-71-76(21,22)59(5,6)7)46-50-72-77(23,24)60(8,9)10)56-66(20)40-44-70(47-51-73-78(25,26)61(11,12)13)48-52-74-79(27,28)62(14,15)16/h57-58H,29-56H2,1-28H3. The van der Waals surface area contributed by atoms with Crippen molar-refractivity contribution in [3.8, 4) is 0 Å². The van der Waals surface area contributed by atoms with Gasteiger partial charge in [0.2, 0.25) is 0 Å². The zero-order chi connectivity index (χ0) is 61.1. The van der Waals surface area contributed by atoms with E-state index < -0.39 is 33.3 Å². The fourth-order valence-electron chi connectivity index (χ4n) is 8.76. The highest BCUT2D eigenvalue weighted by Gasteiger charge is 2.40. The van der Waals surface area contributed by atoms with Crippen molar-refractivity contribution in [2.45, 2.75) is 221 Å². The Kier molecular flexibility index (Phi) is 38.0. The van der Waals surface area contributed by atoms with Crippen molar-refractivity contribution in [2.75, 3.05) is 186 Å². The van der Waals surface area contributed by atoms with E-state index in [-0.39, 0.29) is 32.4 Å². The third kappa shape index (κ3) is 33.7. The molecule has 79 heavy (non-hydrogen) atoms. The van der Waals surface area contributed by atoms with E-state index >= 15 is 0 Å². The van der Waals surface area contributed by atoms with E-state index in [9.17, 15) is 0 Å². The fraction of sp³-hybridized carbons (Fsp3) is 1.00. The highest BCUT2D eigenvalue weighted by atomic mass is 28.4. The Morgan fingerprint density at radius 2 is 0.456 bits per heavy atom.